The third-order valence-corrected chi connectivity index (χ3v) is 5.03. The predicted octanol–water partition coefficient (Wildman–Crippen LogP) is 3.98. The fraction of sp³-hybridized carbons (Fsp3) is 0.368. The number of hydrogen-bond acceptors (Lipinski definition) is 2. The molecule has 1 saturated heterocycles. The summed E-state index contributed by atoms with van der Waals surface area (Å²) in [5.74, 6) is 0. The molecule has 2 aromatic rings. The second kappa shape index (κ2) is 5.69. The van der Waals surface area contributed by atoms with E-state index in [9.17, 15) is 4.79 Å². The van der Waals surface area contributed by atoms with Crippen molar-refractivity contribution in [3.05, 3.63) is 48.7 Å². The van der Waals surface area contributed by atoms with Crippen LogP contribution in [0.1, 0.15) is 32.1 Å². The van der Waals surface area contributed by atoms with E-state index in [-0.39, 0.29) is 11.6 Å². The molecule has 4 heteroatoms. The van der Waals surface area contributed by atoms with Crippen LogP contribution in [0.15, 0.2) is 48.7 Å². The fourth-order valence-electron chi connectivity index (χ4n) is 3.77. The summed E-state index contributed by atoms with van der Waals surface area (Å²) in [7, 11) is 0. The number of urea groups is 1. The summed E-state index contributed by atoms with van der Waals surface area (Å²) in [5, 5.41) is 3.24. The number of benzene rings is 1. The number of carbonyl (C=O) groups is 1. The summed E-state index contributed by atoms with van der Waals surface area (Å²) in [5.41, 5.74) is 2.98. The van der Waals surface area contributed by atoms with Gasteiger partial charge in [0, 0.05) is 17.4 Å². The zero-order valence-corrected chi connectivity index (χ0v) is 13.2. The van der Waals surface area contributed by atoms with Gasteiger partial charge in [0.1, 0.15) is 0 Å². The van der Waals surface area contributed by atoms with Gasteiger partial charge in [-0.05, 0) is 37.1 Å². The van der Waals surface area contributed by atoms with Crippen LogP contribution in [-0.2, 0) is 0 Å². The molecule has 1 saturated carbocycles. The SMILES string of the molecule is O=C1NC2(CCCCC2)CN1c1ccc(-c2ccccn2)cc1. The highest BCUT2D eigenvalue weighted by Crippen LogP contribution is 2.34. The van der Waals surface area contributed by atoms with E-state index < -0.39 is 0 Å². The minimum absolute atomic E-state index is 0.00497. The van der Waals surface area contributed by atoms with Crippen molar-refractivity contribution < 1.29 is 4.79 Å². The molecule has 1 aromatic carbocycles. The van der Waals surface area contributed by atoms with E-state index in [1.165, 1.54) is 19.3 Å². The number of carbonyl (C=O) groups excluding carboxylic acids is 1. The molecule has 4 nitrogen and oxygen atoms in total. The average molecular weight is 307 g/mol. The zero-order chi connectivity index (χ0) is 15.7. The van der Waals surface area contributed by atoms with Crippen molar-refractivity contribution in [2.45, 2.75) is 37.6 Å². The normalized spacial score (nSPS) is 19.8. The first-order valence-electron chi connectivity index (χ1n) is 8.37. The Morgan fingerprint density at radius 1 is 1.00 bits per heavy atom. The zero-order valence-electron chi connectivity index (χ0n) is 13.2. The lowest BCUT2D eigenvalue weighted by atomic mass is 9.82. The Morgan fingerprint density at radius 2 is 1.78 bits per heavy atom. The van der Waals surface area contributed by atoms with Crippen molar-refractivity contribution in [1.29, 1.82) is 0 Å². The van der Waals surface area contributed by atoms with Gasteiger partial charge in [-0.25, -0.2) is 4.79 Å². The minimum atomic E-state index is -0.00497. The van der Waals surface area contributed by atoms with Gasteiger partial charge >= 0.3 is 6.03 Å². The van der Waals surface area contributed by atoms with Crippen LogP contribution < -0.4 is 10.2 Å². The van der Waals surface area contributed by atoms with Crippen LogP contribution in [0.25, 0.3) is 11.3 Å². The number of nitrogens with zero attached hydrogens (tertiary/aromatic N) is 2. The second-order valence-electron chi connectivity index (χ2n) is 6.62. The molecule has 23 heavy (non-hydrogen) atoms. The Hall–Kier alpha value is -2.36. The minimum Gasteiger partial charge on any atom is -0.330 e. The summed E-state index contributed by atoms with van der Waals surface area (Å²) < 4.78 is 0. The van der Waals surface area contributed by atoms with E-state index in [1.54, 1.807) is 6.20 Å². The maximum atomic E-state index is 12.4. The summed E-state index contributed by atoms with van der Waals surface area (Å²) in [6, 6.07) is 14.0. The van der Waals surface area contributed by atoms with E-state index in [0.717, 1.165) is 36.3 Å². The Bertz CT molecular complexity index is 690. The molecule has 1 aliphatic carbocycles. The number of nitrogens with one attached hydrogen (secondary N) is 1. The van der Waals surface area contributed by atoms with Gasteiger partial charge in [0.15, 0.2) is 0 Å². The van der Waals surface area contributed by atoms with Crippen molar-refractivity contribution in [1.82, 2.24) is 10.3 Å². The van der Waals surface area contributed by atoms with E-state index in [0.29, 0.717) is 0 Å². The first-order chi connectivity index (χ1) is 11.3. The van der Waals surface area contributed by atoms with Gasteiger partial charge in [-0.1, -0.05) is 37.5 Å². The van der Waals surface area contributed by atoms with E-state index in [1.807, 2.05) is 47.4 Å². The quantitative estimate of drug-likeness (QED) is 0.912. The molecule has 4 rings (SSSR count). The number of pyridine rings is 1. The van der Waals surface area contributed by atoms with Gasteiger partial charge in [-0.15, -0.1) is 0 Å². The smallest absolute Gasteiger partial charge is 0.322 e. The topological polar surface area (TPSA) is 45.2 Å². The first-order valence-corrected chi connectivity index (χ1v) is 8.37. The molecule has 2 amide bonds. The molecule has 0 atom stereocenters. The summed E-state index contributed by atoms with van der Waals surface area (Å²) in [6.45, 7) is 0.786. The number of amides is 2. The number of hydrogen-bond donors (Lipinski definition) is 1. The standard InChI is InChI=1S/C19H21N3O/c23-18-21-19(11-3-1-4-12-19)14-22(18)16-9-7-15(8-10-16)17-6-2-5-13-20-17/h2,5-10,13H,1,3-4,11-12,14H2,(H,21,23). The van der Waals surface area contributed by atoms with Crippen LogP contribution in [0.2, 0.25) is 0 Å². The van der Waals surface area contributed by atoms with Crippen LogP contribution in [0.4, 0.5) is 10.5 Å². The molecule has 1 spiro atoms. The molecule has 1 N–H and O–H groups in total. The Morgan fingerprint density at radius 3 is 2.48 bits per heavy atom. The molecular formula is C19H21N3O. The van der Waals surface area contributed by atoms with Gasteiger partial charge in [-0.2, -0.15) is 0 Å². The molecule has 118 valence electrons. The monoisotopic (exact) mass is 307 g/mol. The molecule has 1 aromatic heterocycles. The van der Waals surface area contributed by atoms with Crippen LogP contribution in [0.5, 0.6) is 0 Å². The lowest BCUT2D eigenvalue weighted by Crippen LogP contribution is -2.44. The Balaban J connectivity index is 1.55. The number of aromatic nitrogens is 1. The van der Waals surface area contributed by atoms with Crippen molar-refractivity contribution in [3.8, 4) is 11.3 Å². The number of anilines is 1. The highest BCUT2D eigenvalue weighted by molar-refractivity contribution is 5.95. The largest absolute Gasteiger partial charge is 0.330 e. The lowest BCUT2D eigenvalue weighted by Gasteiger charge is -2.32. The van der Waals surface area contributed by atoms with Crippen LogP contribution in [0.3, 0.4) is 0 Å². The van der Waals surface area contributed by atoms with Crippen molar-refractivity contribution >= 4 is 11.7 Å². The average Bonchev–Trinajstić information content (AvgIpc) is 2.92. The van der Waals surface area contributed by atoms with Gasteiger partial charge in [0.2, 0.25) is 0 Å². The van der Waals surface area contributed by atoms with Crippen molar-refractivity contribution in [2.75, 3.05) is 11.4 Å². The van der Waals surface area contributed by atoms with Crippen molar-refractivity contribution in [2.24, 2.45) is 0 Å². The molecule has 2 aliphatic rings. The third kappa shape index (κ3) is 2.69. The molecule has 0 radical (unpaired) electrons. The first kappa shape index (κ1) is 14.2. The van der Waals surface area contributed by atoms with Gasteiger partial charge in [0.05, 0.1) is 17.8 Å². The predicted molar refractivity (Wildman–Crippen MR) is 91.4 cm³/mol. The highest BCUT2D eigenvalue weighted by atomic mass is 16.2. The van der Waals surface area contributed by atoms with E-state index in [2.05, 4.69) is 10.3 Å². The summed E-state index contributed by atoms with van der Waals surface area (Å²) in [6.07, 6.45) is 7.71. The Kier molecular flexibility index (Phi) is 3.52. The maximum absolute atomic E-state index is 12.4. The fourth-order valence-corrected chi connectivity index (χ4v) is 3.77. The van der Waals surface area contributed by atoms with Gasteiger partial charge in [-0.3, -0.25) is 9.88 Å². The van der Waals surface area contributed by atoms with E-state index >= 15 is 0 Å². The van der Waals surface area contributed by atoms with E-state index in [4.69, 9.17) is 0 Å². The number of rotatable bonds is 2. The molecule has 0 unspecified atom stereocenters. The molecule has 2 heterocycles. The Labute approximate surface area is 136 Å². The third-order valence-electron chi connectivity index (χ3n) is 5.03. The molecular weight excluding hydrogens is 286 g/mol. The molecule has 2 fully saturated rings. The molecule has 1 aliphatic heterocycles. The van der Waals surface area contributed by atoms with Crippen LogP contribution in [0, 0.1) is 0 Å². The van der Waals surface area contributed by atoms with Crippen molar-refractivity contribution in [3.63, 3.8) is 0 Å². The summed E-state index contributed by atoms with van der Waals surface area (Å²) in [4.78, 5) is 18.7. The highest BCUT2D eigenvalue weighted by Gasteiger charge is 2.43. The second-order valence-corrected chi connectivity index (χ2v) is 6.62. The van der Waals surface area contributed by atoms with Crippen LogP contribution in [-0.4, -0.2) is 23.1 Å². The van der Waals surface area contributed by atoms with Crippen LogP contribution >= 0.6 is 0 Å². The lowest BCUT2D eigenvalue weighted by molar-refractivity contribution is 0.237. The molecule has 0 bridgehead atoms. The maximum Gasteiger partial charge on any atom is 0.322 e. The summed E-state index contributed by atoms with van der Waals surface area (Å²) >= 11 is 0. The van der Waals surface area contributed by atoms with Gasteiger partial charge in [0.25, 0.3) is 0 Å². The van der Waals surface area contributed by atoms with Gasteiger partial charge < -0.3 is 5.32 Å².